The molecule has 4 aliphatic rings. The quantitative estimate of drug-likeness (QED) is 0.128. The minimum absolute atomic E-state index is 0.0730. The number of benzene rings is 2. The van der Waals surface area contributed by atoms with E-state index in [1.165, 1.54) is 27.2 Å². The lowest BCUT2D eigenvalue weighted by atomic mass is 9.78. The van der Waals surface area contributed by atoms with Crippen LogP contribution in [-0.2, 0) is 33.4 Å². The molecule has 18 heteroatoms. The van der Waals surface area contributed by atoms with Crippen LogP contribution in [0.15, 0.2) is 51.3 Å². The smallest absolute Gasteiger partial charge is 0.344 e. The van der Waals surface area contributed by atoms with Gasteiger partial charge in [-0.1, -0.05) is 64.9 Å². The van der Waals surface area contributed by atoms with Crippen LogP contribution >= 0.6 is 0 Å². The number of carbonyl (C=O) groups excluding carboxylic acids is 2. The highest BCUT2D eigenvalue weighted by atomic mass is 16.7. The van der Waals surface area contributed by atoms with Crippen molar-refractivity contribution in [3.8, 4) is 17.2 Å². The number of phenols is 2. The number of nitrogens with zero attached hydrogens (tertiary/aromatic N) is 4. The van der Waals surface area contributed by atoms with Gasteiger partial charge in [0.1, 0.15) is 28.6 Å². The summed E-state index contributed by atoms with van der Waals surface area (Å²) in [6.45, 7) is 18.6. The van der Waals surface area contributed by atoms with E-state index >= 15 is 0 Å². The molecule has 0 saturated carbocycles. The van der Waals surface area contributed by atoms with Crippen molar-refractivity contribution in [3.05, 3.63) is 58.0 Å². The van der Waals surface area contributed by atoms with Gasteiger partial charge >= 0.3 is 11.9 Å². The van der Waals surface area contributed by atoms with E-state index in [1.54, 1.807) is 65.8 Å². The molecule has 1 fully saturated rings. The van der Waals surface area contributed by atoms with Crippen LogP contribution in [0.5, 0.6) is 17.2 Å². The van der Waals surface area contributed by atoms with Crippen LogP contribution in [0.4, 0.5) is 5.69 Å². The van der Waals surface area contributed by atoms with E-state index in [1.807, 2.05) is 0 Å². The molecule has 0 radical (unpaired) electrons. The molecule has 1 spiro atoms. The average molecular weight is 920 g/mol. The number of nitrogens with one attached hydrogen (secondary N) is 1. The van der Waals surface area contributed by atoms with Gasteiger partial charge in [-0.2, -0.15) is 0 Å². The number of amides is 1. The molecular formula is C48H65N5O13. The number of aliphatic hydroxyl groups excluding tert-OH is 2. The van der Waals surface area contributed by atoms with Gasteiger partial charge in [0, 0.05) is 93.6 Å². The number of hydrogen-bond donors (Lipinski definition) is 6. The highest BCUT2D eigenvalue weighted by molar-refractivity contribution is 6.21. The number of oxime groups is 1. The van der Waals surface area contributed by atoms with Crippen molar-refractivity contribution in [1.82, 2.24) is 4.90 Å². The Morgan fingerprint density at radius 2 is 1.65 bits per heavy atom. The van der Waals surface area contributed by atoms with Crippen molar-refractivity contribution in [3.63, 3.8) is 0 Å². The van der Waals surface area contributed by atoms with Gasteiger partial charge in [-0.05, 0) is 25.8 Å². The monoisotopic (exact) mass is 919 g/mol. The number of phenolic OH excluding ortho intramolecular Hbond substituents is 2. The number of methoxy groups -OCH3 is 1. The minimum atomic E-state index is -1.89. The molecule has 0 unspecified atom stereocenters. The third-order valence-corrected chi connectivity index (χ3v) is 13.3. The maximum atomic E-state index is 14.0. The highest BCUT2D eigenvalue weighted by Crippen LogP contribution is 2.50. The number of hydrogen-bond acceptors (Lipinski definition) is 16. The SMILES string of the molecule is CO[C@H]1/C=C\O[C@@]2(C)Oc3c(C)c(O)c4c(O)c(c5c(c4c3/C2=N/OCC(=O)O)=NC2(CCN(CC(C)C)CC2)N=5)NC(=O)/C(C)=C/C=C\[C@H](C)[C@H](O)[C@@H](C)[C@@H](O)[C@@H](C)[C@@H](OC(C)=O)[C@H]1C. The van der Waals surface area contributed by atoms with Crippen LogP contribution < -0.4 is 20.8 Å². The molecule has 0 aliphatic carbocycles. The van der Waals surface area contributed by atoms with Crippen LogP contribution in [0, 0.1) is 36.5 Å². The fraction of sp³-hybridized carbons (Fsp3) is 0.583. The van der Waals surface area contributed by atoms with Crippen molar-refractivity contribution in [2.45, 2.75) is 118 Å². The lowest BCUT2D eigenvalue weighted by Gasteiger charge is -2.38. The number of aliphatic hydroxyl groups is 2. The van der Waals surface area contributed by atoms with Crippen LogP contribution in [0.2, 0.25) is 0 Å². The van der Waals surface area contributed by atoms with Crippen molar-refractivity contribution in [2.24, 2.45) is 44.7 Å². The van der Waals surface area contributed by atoms with Crippen molar-refractivity contribution < 1.29 is 63.7 Å². The van der Waals surface area contributed by atoms with E-state index in [4.69, 9.17) is 33.8 Å². The summed E-state index contributed by atoms with van der Waals surface area (Å²) in [5.74, 6) is -7.28. The third-order valence-electron chi connectivity index (χ3n) is 13.3. The molecule has 1 saturated heterocycles. The molecule has 4 aliphatic heterocycles. The summed E-state index contributed by atoms with van der Waals surface area (Å²) in [6.07, 6.45) is 4.82. The minimum Gasteiger partial charge on any atom is -0.507 e. The highest BCUT2D eigenvalue weighted by Gasteiger charge is 2.49. The van der Waals surface area contributed by atoms with Crippen molar-refractivity contribution in [2.75, 3.05) is 38.7 Å². The number of aliphatic carboxylic acids is 1. The largest absolute Gasteiger partial charge is 0.507 e. The van der Waals surface area contributed by atoms with Crippen LogP contribution in [0.1, 0.15) is 86.3 Å². The Balaban J connectivity index is 1.61. The van der Waals surface area contributed by atoms with E-state index in [0.717, 1.165) is 6.54 Å². The summed E-state index contributed by atoms with van der Waals surface area (Å²) >= 11 is 0. The van der Waals surface area contributed by atoms with Crippen molar-refractivity contribution >= 4 is 40.0 Å². The Morgan fingerprint density at radius 1 is 0.985 bits per heavy atom. The molecule has 2 aromatic carbocycles. The maximum Gasteiger partial charge on any atom is 0.344 e. The average Bonchev–Trinajstić information content (AvgIpc) is 3.77. The first-order chi connectivity index (χ1) is 31.0. The lowest BCUT2D eigenvalue weighted by molar-refractivity contribution is -0.160. The number of rotatable bonds is 7. The molecule has 9 atom stereocenters. The summed E-state index contributed by atoms with van der Waals surface area (Å²) in [4.78, 5) is 56.4. The predicted molar refractivity (Wildman–Crippen MR) is 243 cm³/mol. The number of carbonyl (C=O) groups is 3. The predicted octanol–water partition coefficient (Wildman–Crippen LogP) is 4.37. The van der Waals surface area contributed by atoms with Gasteiger partial charge in [-0.25, -0.2) is 4.79 Å². The molecule has 66 heavy (non-hydrogen) atoms. The molecular weight excluding hydrogens is 855 g/mol. The van der Waals surface area contributed by atoms with Gasteiger partial charge in [0.25, 0.3) is 11.7 Å². The maximum absolute atomic E-state index is 14.0. The first kappa shape index (κ1) is 49.9. The molecule has 6 rings (SSSR count). The van der Waals surface area contributed by atoms with Crippen LogP contribution in [0.3, 0.4) is 0 Å². The van der Waals surface area contributed by atoms with Gasteiger partial charge in [-0.15, -0.1) is 0 Å². The number of carboxylic acid groups (broad SMARTS) is 1. The van der Waals surface area contributed by atoms with Crippen LogP contribution in [-0.4, -0.2) is 123 Å². The molecule has 18 nitrogen and oxygen atoms in total. The zero-order valence-electron chi connectivity index (χ0n) is 39.6. The van der Waals surface area contributed by atoms with Gasteiger partial charge < -0.3 is 59.5 Å². The zero-order chi connectivity index (χ0) is 48.6. The van der Waals surface area contributed by atoms with E-state index in [9.17, 15) is 39.9 Å². The van der Waals surface area contributed by atoms with Gasteiger partial charge in [0.15, 0.2) is 17.1 Å². The van der Waals surface area contributed by atoms with E-state index in [2.05, 4.69) is 29.2 Å². The van der Waals surface area contributed by atoms with E-state index < -0.39 is 95.5 Å². The summed E-state index contributed by atoms with van der Waals surface area (Å²) in [5.41, 5.74) is -0.608. The van der Waals surface area contributed by atoms with Crippen LogP contribution in [0.25, 0.3) is 10.8 Å². The second-order valence-electron chi connectivity index (χ2n) is 18.7. The Labute approximate surface area is 384 Å². The zero-order valence-corrected chi connectivity index (χ0v) is 39.6. The number of aromatic hydroxyl groups is 2. The number of carboxylic acids is 1. The normalized spacial score (nSPS) is 31.6. The summed E-state index contributed by atoms with van der Waals surface area (Å²) in [6, 6.07) is 0. The fourth-order valence-corrected chi connectivity index (χ4v) is 9.49. The van der Waals surface area contributed by atoms with E-state index in [-0.39, 0.29) is 55.3 Å². The van der Waals surface area contributed by atoms with E-state index in [0.29, 0.717) is 31.8 Å². The molecule has 0 aromatic heterocycles. The number of ether oxygens (including phenoxy) is 4. The first-order valence-electron chi connectivity index (χ1n) is 22.5. The molecule has 6 N–H and O–H groups in total. The number of fused-ring (bicyclic) bond motifs is 1. The number of allylic oxidation sites excluding steroid dienone is 2. The standard InChI is InChI=1S/C48H65N5O13/c1-23(2)21-53-18-16-48(17-19-53)50-36-33-34-41(59)29(8)44-35(33)45(52-64-22-32(55)56)47(10,66-44)63-20-15-31(62-11)26(5)43(65-30(9)54)28(7)40(58)27(6)39(57)24(3)13-12-14-25(4)46(61)49-38(42(34)60)37(36)51-48/h12-15,20,23-24,26-28,31,39-40,43,57-60H,16-19,21-22H2,1-11H3,(H,49,61)(H,55,56)/b13-12-,20-15-,25-14+,52-45-/t24-,26-,27+,28+,31-,39-,40+,43-,47-/m0/s1. The van der Waals surface area contributed by atoms with Gasteiger partial charge in [0.05, 0.1) is 40.9 Å². The Hall–Kier alpha value is -5.56. The Bertz CT molecular complexity index is 2480. The summed E-state index contributed by atoms with van der Waals surface area (Å²) in [5, 5.41) is 64.6. The molecule has 2 aromatic rings. The Morgan fingerprint density at radius 3 is 2.27 bits per heavy atom. The molecule has 4 bridgehead atoms. The summed E-state index contributed by atoms with van der Waals surface area (Å²) in [7, 11) is 1.45. The molecule has 4 heterocycles. The van der Waals surface area contributed by atoms with Gasteiger partial charge in [0.2, 0.25) is 6.61 Å². The second kappa shape index (κ2) is 19.7. The van der Waals surface area contributed by atoms with Crippen molar-refractivity contribution in [1.29, 1.82) is 0 Å². The first-order valence-corrected chi connectivity index (χ1v) is 22.5. The molecule has 1 amide bonds. The second-order valence-corrected chi connectivity index (χ2v) is 18.7. The number of piperidine rings is 1. The fourth-order valence-electron chi connectivity index (χ4n) is 9.49. The topological polar surface area (TPSA) is 251 Å². The lowest BCUT2D eigenvalue weighted by Crippen LogP contribution is -2.46. The number of esters is 1. The van der Waals surface area contributed by atoms with Gasteiger partial charge in [-0.3, -0.25) is 19.6 Å². The molecule has 360 valence electrons. The summed E-state index contributed by atoms with van der Waals surface area (Å²) < 4.78 is 24.6. The number of likely N-dealkylation sites (tertiary alicyclic amines) is 1. The Kier molecular flexibility index (Phi) is 14.9. The third kappa shape index (κ3) is 9.78. The number of anilines is 1.